The molecular formula is C24H28N4O3. The number of imide groups is 1. The van der Waals surface area contributed by atoms with Crippen molar-refractivity contribution in [1.82, 2.24) is 4.90 Å². The third kappa shape index (κ3) is 4.18. The molecule has 2 fully saturated rings. The highest BCUT2D eigenvalue weighted by atomic mass is 16.2. The van der Waals surface area contributed by atoms with Gasteiger partial charge in [0.1, 0.15) is 18.4 Å². The van der Waals surface area contributed by atoms with Crippen LogP contribution < -0.4 is 5.32 Å². The standard InChI is InChI=1S/C24H28N4O3/c1-23(2,3)16-7-9-17(10-8-16)27-20(29)15-28-21(30)18(13-25)24(11-5-4-6-12-24)19(14-26)22(28)31/h7-10,18-19H,4-6,11-12,15H2,1-3H3,(H,27,29)/t18-,19+. The van der Waals surface area contributed by atoms with E-state index in [4.69, 9.17) is 0 Å². The molecule has 1 aliphatic carbocycles. The summed E-state index contributed by atoms with van der Waals surface area (Å²) in [7, 11) is 0. The number of amides is 3. The van der Waals surface area contributed by atoms with E-state index >= 15 is 0 Å². The van der Waals surface area contributed by atoms with Crippen molar-refractivity contribution in [3.05, 3.63) is 29.8 Å². The fourth-order valence-corrected chi connectivity index (χ4v) is 4.79. The molecule has 1 aromatic carbocycles. The number of anilines is 1. The molecule has 1 saturated heterocycles. The van der Waals surface area contributed by atoms with Gasteiger partial charge in [0.15, 0.2) is 0 Å². The maximum Gasteiger partial charge on any atom is 0.247 e. The Labute approximate surface area is 183 Å². The first-order chi connectivity index (χ1) is 14.6. The third-order valence-electron chi connectivity index (χ3n) is 6.55. The Morgan fingerprint density at radius 2 is 1.55 bits per heavy atom. The molecule has 162 valence electrons. The number of piperidine rings is 1. The molecule has 0 unspecified atom stereocenters. The highest BCUT2D eigenvalue weighted by Crippen LogP contribution is 2.51. The van der Waals surface area contributed by atoms with Crippen molar-refractivity contribution in [1.29, 1.82) is 10.5 Å². The predicted molar refractivity (Wildman–Crippen MR) is 114 cm³/mol. The molecule has 3 amide bonds. The van der Waals surface area contributed by atoms with Crippen molar-refractivity contribution in [2.24, 2.45) is 17.3 Å². The molecule has 1 heterocycles. The zero-order valence-electron chi connectivity index (χ0n) is 18.3. The first-order valence-electron chi connectivity index (χ1n) is 10.7. The summed E-state index contributed by atoms with van der Waals surface area (Å²) in [5.41, 5.74) is 0.694. The molecule has 0 aromatic heterocycles. The summed E-state index contributed by atoms with van der Waals surface area (Å²) in [4.78, 5) is 39.5. The quantitative estimate of drug-likeness (QED) is 0.752. The van der Waals surface area contributed by atoms with Crippen molar-refractivity contribution in [2.45, 2.75) is 58.3 Å². The number of benzene rings is 1. The first-order valence-corrected chi connectivity index (χ1v) is 10.7. The summed E-state index contributed by atoms with van der Waals surface area (Å²) in [5.74, 6) is -4.06. The highest BCUT2D eigenvalue weighted by molar-refractivity contribution is 6.07. The van der Waals surface area contributed by atoms with E-state index in [1.165, 1.54) is 0 Å². The average molecular weight is 421 g/mol. The molecule has 7 heteroatoms. The summed E-state index contributed by atoms with van der Waals surface area (Å²) in [6, 6.07) is 11.5. The van der Waals surface area contributed by atoms with Gasteiger partial charge in [-0.15, -0.1) is 0 Å². The normalized spacial score (nSPS) is 23.2. The van der Waals surface area contributed by atoms with Crippen LogP contribution in [0, 0.1) is 39.9 Å². The summed E-state index contributed by atoms with van der Waals surface area (Å²) in [5, 5.41) is 22.2. The van der Waals surface area contributed by atoms with Crippen molar-refractivity contribution < 1.29 is 14.4 Å². The number of hydrogen-bond donors (Lipinski definition) is 1. The second-order valence-corrected chi connectivity index (χ2v) is 9.56. The van der Waals surface area contributed by atoms with Crippen LogP contribution in [0.25, 0.3) is 0 Å². The Morgan fingerprint density at radius 1 is 1.03 bits per heavy atom. The van der Waals surface area contributed by atoms with Gasteiger partial charge in [-0.2, -0.15) is 10.5 Å². The van der Waals surface area contributed by atoms with Crippen LogP contribution in [0.5, 0.6) is 0 Å². The van der Waals surface area contributed by atoms with E-state index < -0.39 is 41.5 Å². The SMILES string of the molecule is CC(C)(C)c1ccc(NC(=O)CN2C(=O)[C@@H](C#N)C3(CCCCC3)[C@@H](C#N)C2=O)cc1. The van der Waals surface area contributed by atoms with E-state index in [-0.39, 0.29) is 5.41 Å². The van der Waals surface area contributed by atoms with E-state index in [0.717, 1.165) is 29.7 Å². The van der Waals surface area contributed by atoms with Crippen molar-refractivity contribution in [3.63, 3.8) is 0 Å². The van der Waals surface area contributed by atoms with Crippen LogP contribution >= 0.6 is 0 Å². The lowest BCUT2D eigenvalue weighted by molar-refractivity contribution is -0.164. The summed E-state index contributed by atoms with van der Waals surface area (Å²) >= 11 is 0. The number of rotatable bonds is 3. The first kappa shape index (κ1) is 22.5. The largest absolute Gasteiger partial charge is 0.325 e. The number of nitrogens with one attached hydrogen (secondary N) is 1. The van der Waals surface area contributed by atoms with Gasteiger partial charge in [0.25, 0.3) is 0 Å². The summed E-state index contributed by atoms with van der Waals surface area (Å²) < 4.78 is 0. The zero-order valence-corrected chi connectivity index (χ0v) is 18.3. The lowest BCUT2D eigenvalue weighted by Gasteiger charge is -2.47. The Morgan fingerprint density at radius 3 is 2.00 bits per heavy atom. The van der Waals surface area contributed by atoms with Gasteiger partial charge >= 0.3 is 0 Å². The van der Waals surface area contributed by atoms with Gasteiger partial charge in [0.05, 0.1) is 12.1 Å². The lowest BCUT2D eigenvalue weighted by Crippen LogP contribution is -2.61. The molecule has 31 heavy (non-hydrogen) atoms. The van der Waals surface area contributed by atoms with Gasteiger partial charge in [-0.1, -0.05) is 52.2 Å². The second kappa shape index (κ2) is 8.51. The smallest absolute Gasteiger partial charge is 0.247 e. The Hall–Kier alpha value is -3.19. The number of hydrogen-bond acceptors (Lipinski definition) is 5. The molecule has 0 radical (unpaired) electrons. The Kier molecular flexibility index (Phi) is 6.18. The summed E-state index contributed by atoms with van der Waals surface area (Å²) in [6.07, 6.45) is 3.52. The maximum atomic E-state index is 13.0. The highest BCUT2D eigenvalue weighted by Gasteiger charge is 2.59. The van der Waals surface area contributed by atoms with E-state index in [2.05, 4.69) is 26.1 Å². The molecule has 2 atom stereocenters. The van der Waals surface area contributed by atoms with Crippen LogP contribution in [0.15, 0.2) is 24.3 Å². The molecular weight excluding hydrogens is 392 g/mol. The Balaban J connectivity index is 1.77. The third-order valence-corrected chi connectivity index (χ3v) is 6.55. The zero-order chi connectivity index (χ0) is 22.8. The molecule has 2 aliphatic rings. The fourth-order valence-electron chi connectivity index (χ4n) is 4.79. The van der Waals surface area contributed by atoms with E-state index in [1.54, 1.807) is 12.1 Å². The van der Waals surface area contributed by atoms with E-state index in [0.29, 0.717) is 18.5 Å². The molecule has 1 aliphatic heterocycles. The van der Waals surface area contributed by atoms with Gasteiger partial charge < -0.3 is 5.32 Å². The van der Waals surface area contributed by atoms with Crippen LogP contribution in [-0.4, -0.2) is 29.2 Å². The van der Waals surface area contributed by atoms with Crippen molar-refractivity contribution in [3.8, 4) is 12.1 Å². The van der Waals surface area contributed by atoms with E-state index in [9.17, 15) is 24.9 Å². The molecule has 7 nitrogen and oxygen atoms in total. The van der Waals surface area contributed by atoms with Crippen LogP contribution in [0.4, 0.5) is 5.69 Å². The van der Waals surface area contributed by atoms with Gasteiger partial charge in [0, 0.05) is 11.1 Å². The maximum absolute atomic E-state index is 13.0. The fraction of sp³-hybridized carbons (Fsp3) is 0.542. The van der Waals surface area contributed by atoms with Crippen LogP contribution in [0.1, 0.15) is 58.4 Å². The van der Waals surface area contributed by atoms with Crippen LogP contribution in [0.3, 0.4) is 0 Å². The van der Waals surface area contributed by atoms with Crippen molar-refractivity contribution in [2.75, 3.05) is 11.9 Å². The van der Waals surface area contributed by atoms with Gasteiger partial charge in [-0.05, 0) is 36.0 Å². The predicted octanol–water partition coefficient (Wildman–Crippen LogP) is 3.52. The molecule has 1 spiro atoms. The number of nitrogens with zero attached hydrogens (tertiary/aromatic N) is 3. The molecule has 0 bridgehead atoms. The number of carbonyl (C=O) groups excluding carboxylic acids is 3. The molecule has 1 saturated carbocycles. The number of nitriles is 2. The molecule has 1 aromatic rings. The van der Waals surface area contributed by atoms with Crippen molar-refractivity contribution >= 4 is 23.4 Å². The van der Waals surface area contributed by atoms with Crippen LogP contribution in [-0.2, 0) is 19.8 Å². The van der Waals surface area contributed by atoms with Gasteiger partial charge in [-0.3, -0.25) is 19.3 Å². The van der Waals surface area contributed by atoms with Gasteiger partial charge in [0.2, 0.25) is 17.7 Å². The number of likely N-dealkylation sites (tertiary alicyclic amines) is 1. The molecule has 1 N–H and O–H groups in total. The Bertz CT molecular complexity index is 921. The lowest BCUT2D eigenvalue weighted by atomic mass is 9.57. The van der Waals surface area contributed by atoms with E-state index in [1.807, 2.05) is 24.3 Å². The minimum Gasteiger partial charge on any atom is -0.325 e. The average Bonchev–Trinajstić information content (AvgIpc) is 2.72. The van der Waals surface area contributed by atoms with Gasteiger partial charge in [-0.25, -0.2) is 0 Å². The monoisotopic (exact) mass is 420 g/mol. The minimum absolute atomic E-state index is 0.0249. The minimum atomic E-state index is -1.09. The topological polar surface area (TPSA) is 114 Å². The summed E-state index contributed by atoms with van der Waals surface area (Å²) in [6.45, 7) is 5.75. The second-order valence-electron chi connectivity index (χ2n) is 9.56. The molecule has 3 rings (SSSR count). The number of carbonyl (C=O) groups is 3. The van der Waals surface area contributed by atoms with Crippen LogP contribution in [0.2, 0.25) is 0 Å².